The second-order valence-electron chi connectivity index (χ2n) is 3.87. The molecular formula is C14H9Cl2FN2. The molecule has 0 spiro atoms. The van der Waals surface area contributed by atoms with Crippen molar-refractivity contribution in [1.29, 1.82) is 5.26 Å². The Bertz CT molecular complexity index is 650. The highest BCUT2D eigenvalue weighted by Crippen LogP contribution is 2.23. The standard InChI is InChI=1S/C14H9Cl2FN2/c15-11-5-4-9(7-18)13(6-11)19-8-10-2-1-3-12(16)14(10)17/h1-6,19H,8H2. The Balaban J connectivity index is 2.21. The quantitative estimate of drug-likeness (QED) is 0.897. The van der Waals surface area contributed by atoms with Gasteiger partial charge in [-0.1, -0.05) is 35.3 Å². The van der Waals surface area contributed by atoms with E-state index in [2.05, 4.69) is 5.32 Å². The van der Waals surface area contributed by atoms with Crippen LogP contribution >= 0.6 is 23.2 Å². The highest BCUT2D eigenvalue weighted by Gasteiger charge is 2.07. The minimum atomic E-state index is -0.461. The predicted octanol–water partition coefficient (Wildman–Crippen LogP) is 4.62. The Morgan fingerprint density at radius 1 is 1.21 bits per heavy atom. The van der Waals surface area contributed by atoms with Crippen LogP contribution in [-0.4, -0.2) is 0 Å². The largest absolute Gasteiger partial charge is 0.380 e. The zero-order valence-electron chi connectivity index (χ0n) is 9.75. The van der Waals surface area contributed by atoms with Crippen molar-refractivity contribution in [3.63, 3.8) is 0 Å². The van der Waals surface area contributed by atoms with E-state index in [0.717, 1.165) is 0 Å². The SMILES string of the molecule is N#Cc1ccc(Cl)cc1NCc1cccc(Cl)c1F. The molecule has 0 aliphatic carbocycles. The van der Waals surface area contributed by atoms with Gasteiger partial charge in [0.1, 0.15) is 11.9 Å². The number of halogens is 3. The zero-order valence-corrected chi connectivity index (χ0v) is 11.3. The fourth-order valence-electron chi connectivity index (χ4n) is 1.64. The molecule has 2 nitrogen and oxygen atoms in total. The van der Waals surface area contributed by atoms with Gasteiger partial charge in [0.25, 0.3) is 0 Å². The molecule has 0 saturated heterocycles. The third kappa shape index (κ3) is 3.17. The molecule has 0 fully saturated rings. The van der Waals surface area contributed by atoms with E-state index in [0.29, 0.717) is 21.8 Å². The van der Waals surface area contributed by atoms with Gasteiger partial charge >= 0.3 is 0 Å². The molecule has 0 aliphatic rings. The minimum absolute atomic E-state index is 0.0749. The summed E-state index contributed by atoms with van der Waals surface area (Å²) in [6, 6.07) is 11.7. The van der Waals surface area contributed by atoms with Crippen molar-refractivity contribution in [1.82, 2.24) is 0 Å². The van der Waals surface area contributed by atoms with Crippen LogP contribution in [0.1, 0.15) is 11.1 Å². The first-order valence-corrected chi connectivity index (χ1v) is 6.24. The summed E-state index contributed by atoms with van der Waals surface area (Å²) in [5, 5.41) is 12.5. The number of nitriles is 1. The molecule has 2 aromatic rings. The van der Waals surface area contributed by atoms with Crippen LogP contribution in [-0.2, 0) is 6.54 Å². The summed E-state index contributed by atoms with van der Waals surface area (Å²) in [7, 11) is 0. The molecule has 0 bridgehead atoms. The smallest absolute Gasteiger partial charge is 0.146 e. The van der Waals surface area contributed by atoms with E-state index >= 15 is 0 Å². The summed E-state index contributed by atoms with van der Waals surface area (Å²) in [6.07, 6.45) is 0. The third-order valence-corrected chi connectivity index (χ3v) is 3.13. The average molecular weight is 295 g/mol. The Morgan fingerprint density at radius 2 is 2.00 bits per heavy atom. The van der Waals surface area contributed by atoms with Gasteiger partial charge in [0, 0.05) is 17.1 Å². The molecule has 96 valence electrons. The lowest BCUT2D eigenvalue weighted by atomic mass is 10.1. The fourth-order valence-corrected chi connectivity index (χ4v) is 2.00. The summed E-state index contributed by atoms with van der Waals surface area (Å²) in [4.78, 5) is 0. The Hall–Kier alpha value is -1.76. The van der Waals surface area contributed by atoms with E-state index in [9.17, 15) is 4.39 Å². The maximum atomic E-state index is 13.7. The van der Waals surface area contributed by atoms with E-state index in [-0.39, 0.29) is 11.6 Å². The van der Waals surface area contributed by atoms with Gasteiger partial charge in [0.2, 0.25) is 0 Å². The molecule has 0 heterocycles. The third-order valence-electron chi connectivity index (χ3n) is 2.60. The molecule has 5 heteroatoms. The number of hydrogen-bond donors (Lipinski definition) is 1. The second kappa shape index (κ2) is 5.92. The van der Waals surface area contributed by atoms with Gasteiger partial charge in [-0.25, -0.2) is 4.39 Å². The second-order valence-corrected chi connectivity index (χ2v) is 4.71. The molecule has 0 radical (unpaired) electrons. The monoisotopic (exact) mass is 294 g/mol. The van der Waals surface area contributed by atoms with Crippen molar-refractivity contribution >= 4 is 28.9 Å². The number of rotatable bonds is 3. The summed E-state index contributed by atoms with van der Waals surface area (Å²) >= 11 is 11.6. The van der Waals surface area contributed by atoms with Crippen molar-refractivity contribution in [3.8, 4) is 6.07 Å². The number of nitrogens with zero attached hydrogens (tertiary/aromatic N) is 1. The molecule has 2 rings (SSSR count). The van der Waals surface area contributed by atoms with E-state index in [4.69, 9.17) is 28.5 Å². The lowest BCUT2D eigenvalue weighted by molar-refractivity contribution is 0.613. The van der Waals surface area contributed by atoms with Gasteiger partial charge < -0.3 is 5.32 Å². The van der Waals surface area contributed by atoms with Crippen LogP contribution in [0.25, 0.3) is 0 Å². The van der Waals surface area contributed by atoms with Crippen LogP contribution in [0.5, 0.6) is 0 Å². The molecule has 2 aromatic carbocycles. The van der Waals surface area contributed by atoms with Gasteiger partial charge in [-0.05, 0) is 24.3 Å². The van der Waals surface area contributed by atoms with Crippen molar-refractivity contribution in [2.75, 3.05) is 5.32 Å². The number of benzene rings is 2. The summed E-state index contributed by atoms with van der Waals surface area (Å²) < 4.78 is 13.7. The van der Waals surface area contributed by atoms with Gasteiger partial charge in [0.05, 0.1) is 16.3 Å². The average Bonchev–Trinajstić information content (AvgIpc) is 2.40. The number of hydrogen-bond acceptors (Lipinski definition) is 2. The normalized spacial score (nSPS) is 10.0. The Kier molecular flexibility index (Phi) is 4.26. The fraction of sp³-hybridized carbons (Fsp3) is 0.0714. The molecule has 0 aromatic heterocycles. The molecule has 0 saturated carbocycles. The van der Waals surface area contributed by atoms with Gasteiger partial charge in [0.15, 0.2) is 0 Å². The van der Waals surface area contributed by atoms with E-state index in [1.54, 1.807) is 30.3 Å². The van der Waals surface area contributed by atoms with Crippen molar-refractivity contribution in [2.24, 2.45) is 0 Å². The lowest BCUT2D eigenvalue weighted by Gasteiger charge is -2.10. The van der Waals surface area contributed by atoms with Crippen LogP contribution < -0.4 is 5.32 Å². The van der Waals surface area contributed by atoms with Crippen LogP contribution in [0.4, 0.5) is 10.1 Å². The van der Waals surface area contributed by atoms with Crippen LogP contribution in [0, 0.1) is 17.1 Å². The molecule has 0 unspecified atom stereocenters. The summed E-state index contributed by atoms with van der Waals surface area (Å²) in [5.74, 6) is -0.461. The minimum Gasteiger partial charge on any atom is -0.380 e. The zero-order chi connectivity index (χ0) is 13.8. The Labute approximate surface area is 120 Å². The summed E-state index contributed by atoms with van der Waals surface area (Å²) in [6.45, 7) is 0.224. The van der Waals surface area contributed by atoms with E-state index in [1.807, 2.05) is 6.07 Å². The first-order valence-electron chi connectivity index (χ1n) is 5.48. The lowest BCUT2D eigenvalue weighted by Crippen LogP contribution is -2.03. The molecule has 0 amide bonds. The maximum absolute atomic E-state index is 13.7. The maximum Gasteiger partial charge on any atom is 0.146 e. The highest BCUT2D eigenvalue weighted by atomic mass is 35.5. The van der Waals surface area contributed by atoms with Gasteiger partial charge in [-0.3, -0.25) is 0 Å². The first-order chi connectivity index (χ1) is 9.11. The highest BCUT2D eigenvalue weighted by molar-refractivity contribution is 6.31. The summed E-state index contributed by atoms with van der Waals surface area (Å²) in [5.41, 5.74) is 1.44. The van der Waals surface area contributed by atoms with E-state index in [1.165, 1.54) is 6.07 Å². The number of anilines is 1. The Morgan fingerprint density at radius 3 is 2.74 bits per heavy atom. The molecule has 1 N–H and O–H groups in total. The molecule has 0 aliphatic heterocycles. The molecular weight excluding hydrogens is 286 g/mol. The topological polar surface area (TPSA) is 35.8 Å². The number of nitrogens with one attached hydrogen (secondary N) is 1. The van der Waals surface area contributed by atoms with Crippen LogP contribution in [0.2, 0.25) is 10.0 Å². The van der Waals surface area contributed by atoms with Crippen LogP contribution in [0.3, 0.4) is 0 Å². The van der Waals surface area contributed by atoms with Crippen molar-refractivity contribution in [2.45, 2.75) is 6.54 Å². The van der Waals surface area contributed by atoms with Gasteiger partial charge in [-0.15, -0.1) is 0 Å². The van der Waals surface area contributed by atoms with Gasteiger partial charge in [-0.2, -0.15) is 5.26 Å². The van der Waals surface area contributed by atoms with Crippen molar-refractivity contribution < 1.29 is 4.39 Å². The van der Waals surface area contributed by atoms with Crippen molar-refractivity contribution in [3.05, 3.63) is 63.4 Å². The van der Waals surface area contributed by atoms with E-state index < -0.39 is 5.82 Å². The molecule has 19 heavy (non-hydrogen) atoms. The first kappa shape index (κ1) is 13.7. The predicted molar refractivity (Wildman–Crippen MR) is 74.9 cm³/mol. The van der Waals surface area contributed by atoms with Crippen LogP contribution in [0.15, 0.2) is 36.4 Å². The molecule has 0 atom stereocenters.